The van der Waals surface area contributed by atoms with Gasteiger partial charge in [-0.3, -0.25) is 0 Å². The average Bonchev–Trinajstić information content (AvgIpc) is 3.10. The van der Waals surface area contributed by atoms with Crippen LogP contribution in [0.5, 0.6) is 0 Å². The molecular formula is C18H24N2O2. The highest BCUT2D eigenvalue weighted by Crippen LogP contribution is 2.22. The number of benzene rings is 1. The Kier molecular flexibility index (Phi) is 4.50. The minimum atomic E-state index is -0.958. The van der Waals surface area contributed by atoms with E-state index < -0.39 is 5.60 Å². The first-order valence-corrected chi connectivity index (χ1v) is 7.95. The third-order valence-corrected chi connectivity index (χ3v) is 4.40. The molecule has 118 valence electrons. The summed E-state index contributed by atoms with van der Waals surface area (Å²) in [6.07, 6.45) is 3.77. The topological polar surface area (TPSA) is 48.6 Å². The van der Waals surface area contributed by atoms with Crippen LogP contribution in [0.4, 0.5) is 5.69 Å². The molecule has 3 rings (SSSR count). The number of rotatable bonds is 5. The second-order valence-corrected chi connectivity index (χ2v) is 6.23. The summed E-state index contributed by atoms with van der Waals surface area (Å²) < 4.78 is 5.31. The Hall–Kier alpha value is -1.78. The van der Waals surface area contributed by atoms with Gasteiger partial charge in [0.1, 0.15) is 11.4 Å². The van der Waals surface area contributed by atoms with E-state index in [4.69, 9.17) is 4.42 Å². The number of anilines is 1. The fraction of sp³-hybridized carbons (Fsp3) is 0.444. The van der Waals surface area contributed by atoms with Crippen molar-refractivity contribution in [1.82, 2.24) is 5.32 Å². The molecule has 0 aliphatic carbocycles. The van der Waals surface area contributed by atoms with Crippen molar-refractivity contribution in [1.29, 1.82) is 0 Å². The minimum absolute atomic E-state index is 0.446. The molecule has 1 aromatic carbocycles. The Morgan fingerprint density at radius 1 is 1.18 bits per heavy atom. The van der Waals surface area contributed by atoms with Crippen LogP contribution in [-0.4, -0.2) is 30.8 Å². The van der Waals surface area contributed by atoms with E-state index >= 15 is 0 Å². The Morgan fingerprint density at radius 3 is 2.55 bits per heavy atom. The average molecular weight is 300 g/mol. The number of aliphatic hydroxyl groups is 1. The third kappa shape index (κ3) is 3.51. The Balaban J connectivity index is 1.48. The number of hydrogen-bond acceptors (Lipinski definition) is 4. The molecule has 0 saturated carbocycles. The van der Waals surface area contributed by atoms with E-state index in [-0.39, 0.29) is 0 Å². The molecule has 22 heavy (non-hydrogen) atoms. The first-order valence-electron chi connectivity index (χ1n) is 7.95. The number of hydrogen-bond donors (Lipinski definition) is 2. The second kappa shape index (κ2) is 6.55. The van der Waals surface area contributed by atoms with E-state index in [1.807, 2.05) is 12.1 Å². The number of nitrogens with one attached hydrogen (secondary N) is 1. The number of piperidine rings is 1. The molecule has 2 heterocycles. The summed E-state index contributed by atoms with van der Waals surface area (Å²) in [6, 6.07) is 14.6. The van der Waals surface area contributed by atoms with Crippen LogP contribution in [0.25, 0.3) is 0 Å². The van der Waals surface area contributed by atoms with Crippen LogP contribution in [0.1, 0.15) is 25.5 Å². The lowest BCUT2D eigenvalue weighted by atomic mass is 10.00. The zero-order chi connectivity index (χ0) is 15.4. The van der Waals surface area contributed by atoms with Crippen LogP contribution in [0.2, 0.25) is 0 Å². The lowest BCUT2D eigenvalue weighted by Crippen LogP contribution is -2.46. The van der Waals surface area contributed by atoms with Crippen LogP contribution >= 0.6 is 0 Å². The monoisotopic (exact) mass is 300 g/mol. The predicted octanol–water partition coefficient (Wildman–Crippen LogP) is 2.75. The van der Waals surface area contributed by atoms with Crippen LogP contribution in [0.3, 0.4) is 0 Å². The van der Waals surface area contributed by atoms with Crippen molar-refractivity contribution >= 4 is 5.69 Å². The maximum absolute atomic E-state index is 10.5. The molecule has 1 aromatic heterocycles. The van der Waals surface area contributed by atoms with E-state index in [1.54, 1.807) is 13.2 Å². The number of para-hydroxylation sites is 1. The zero-order valence-electron chi connectivity index (χ0n) is 13.0. The van der Waals surface area contributed by atoms with Crippen LogP contribution < -0.4 is 10.2 Å². The fourth-order valence-electron chi connectivity index (χ4n) is 3.00. The molecule has 4 nitrogen and oxygen atoms in total. The molecule has 0 radical (unpaired) electrons. The first kappa shape index (κ1) is 15.1. The second-order valence-electron chi connectivity index (χ2n) is 6.23. The van der Waals surface area contributed by atoms with Gasteiger partial charge in [0.05, 0.1) is 6.26 Å². The van der Waals surface area contributed by atoms with E-state index in [2.05, 4.69) is 40.5 Å². The van der Waals surface area contributed by atoms with E-state index in [9.17, 15) is 5.11 Å². The molecule has 0 spiro atoms. The predicted molar refractivity (Wildman–Crippen MR) is 88.0 cm³/mol. The number of nitrogens with zero attached hydrogens (tertiary/aromatic N) is 1. The molecule has 4 heteroatoms. The van der Waals surface area contributed by atoms with Crippen LogP contribution in [0, 0.1) is 0 Å². The van der Waals surface area contributed by atoms with Gasteiger partial charge in [-0.1, -0.05) is 18.2 Å². The molecule has 0 unspecified atom stereocenters. The Morgan fingerprint density at radius 2 is 1.91 bits per heavy atom. The maximum atomic E-state index is 10.5. The normalized spacial score (nSPS) is 19.1. The van der Waals surface area contributed by atoms with Gasteiger partial charge >= 0.3 is 0 Å². The van der Waals surface area contributed by atoms with Gasteiger partial charge in [-0.25, -0.2) is 0 Å². The molecule has 1 aliphatic heterocycles. The smallest absolute Gasteiger partial charge is 0.136 e. The van der Waals surface area contributed by atoms with Gasteiger partial charge in [-0.15, -0.1) is 0 Å². The lowest BCUT2D eigenvalue weighted by molar-refractivity contribution is 0.0308. The Labute approximate surface area is 131 Å². The van der Waals surface area contributed by atoms with Crippen molar-refractivity contribution in [2.45, 2.75) is 31.4 Å². The molecule has 2 aromatic rings. The third-order valence-electron chi connectivity index (χ3n) is 4.40. The molecule has 0 bridgehead atoms. The quantitative estimate of drug-likeness (QED) is 0.891. The van der Waals surface area contributed by atoms with Crippen molar-refractivity contribution in [2.75, 3.05) is 24.5 Å². The lowest BCUT2D eigenvalue weighted by Gasteiger charge is -2.35. The van der Waals surface area contributed by atoms with Gasteiger partial charge in [-0.2, -0.15) is 0 Å². The highest BCUT2D eigenvalue weighted by molar-refractivity contribution is 5.46. The van der Waals surface area contributed by atoms with Crippen molar-refractivity contribution in [3.63, 3.8) is 0 Å². The van der Waals surface area contributed by atoms with Crippen molar-refractivity contribution < 1.29 is 9.52 Å². The van der Waals surface area contributed by atoms with E-state index in [0.717, 1.165) is 25.9 Å². The van der Waals surface area contributed by atoms with Crippen molar-refractivity contribution in [3.8, 4) is 0 Å². The summed E-state index contributed by atoms with van der Waals surface area (Å²) in [4.78, 5) is 2.42. The van der Waals surface area contributed by atoms with E-state index in [1.165, 1.54) is 5.69 Å². The summed E-state index contributed by atoms with van der Waals surface area (Å²) in [5, 5.41) is 14.0. The SMILES string of the molecule is C[C@@](O)(CNC1CCN(c2ccccc2)CC1)c1ccco1. The number of furan rings is 1. The summed E-state index contributed by atoms with van der Waals surface area (Å²) in [5.41, 5.74) is 0.337. The maximum Gasteiger partial charge on any atom is 0.136 e. The summed E-state index contributed by atoms with van der Waals surface area (Å²) in [5.74, 6) is 0.613. The molecule has 1 fully saturated rings. The molecule has 1 aliphatic rings. The molecule has 2 N–H and O–H groups in total. The largest absolute Gasteiger partial charge is 0.466 e. The van der Waals surface area contributed by atoms with Gasteiger partial charge in [-0.05, 0) is 44.0 Å². The molecular weight excluding hydrogens is 276 g/mol. The Bertz CT molecular complexity index is 558. The van der Waals surface area contributed by atoms with Gasteiger partial charge < -0.3 is 19.7 Å². The van der Waals surface area contributed by atoms with Crippen molar-refractivity contribution in [3.05, 3.63) is 54.5 Å². The van der Waals surface area contributed by atoms with Gasteiger partial charge in [0.2, 0.25) is 0 Å². The fourth-order valence-corrected chi connectivity index (χ4v) is 3.00. The van der Waals surface area contributed by atoms with E-state index in [0.29, 0.717) is 18.3 Å². The summed E-state index contributed by atoms with van der Waals surface area (Å²) in [6.45, 7) is 4.39. The van der Waals surface area contributed by atoms with Gasteiger partial charge in [0.25, 0.3) is 0 Å². The molecule has 1 saturated heterocycles. The molecule has 1 atom stereocenters. The minimum Gasteiger partial charge on any atom is -0.466 e. The molecule has 0 amide bonds. The standard InChI is InChI=1S/C18H24N2O2/c1-18(21,17-8-5-13-22-17)14-19-15-9-11-20(12-10-15)16-6-3-2-4-7-16/h2-8,13,15,19,21H,9-12,14H2,1H3/t18-/m1/s1. The van der Waals surface area contributed by atoms with Gasteiger partial charge in [0, 0.05) is 31.4 Å². The summed E-state index contributed by atoms with van der Waals surface area (Å²) in [7, 11) is 0. The van der Waals surface area contributed by atoms with Crippen molar-refractivity contribution in [2.24, 2.45) is 0 Å². The highest BCUT2D eigenvalue weighted by atomic mass is 16.4. The van der Waals surface area contributed by atoms with Crippen LogP contribution in [-0.2, 0) is 5.60 Å². The zero-order valence-corrected chi connectivity index (χ0v) is 13.0. The highest BCUT2D eigenvalue weighted by Gasteiger charge is 2.28. The van der Waals surface area contributed by atoms with Crippen LogP contribution in [0.15, 0.2) is 53.1 Å². The first-order chi connectivity index (χ1) is 10.6. The van der Waals surface area contributed by atoms with Gasteiger partial charge in [0.15, 0.2) is 0 Å². The summed E-state index contributed by atoms with van der Waals surface area (Å²) >= 11 is 0.